The van der Waals surface area contributed by atoms with E-state index in [2.05, 4.69) is 39.4 Å². The van der Waals surface area contributed by atoms with E-state index in [1.165, 1.54) is 4.88 Å². The van der Waals surface area contributed by atoms with Crippen LogP contribution in [-0.4, -0.2) is 36.1 Å². The average Bonchev–Trinajstić information content (AvgIpc) is 3.02. The summed E-state index contributed by atoms with van der Waals surface area (Å²) in [6, 6.07) is 3.92. The Bertz CT molecular complexity index is 662. The Labute approximate surface area is 170 Å². The lowest BCUT2D eigenvalue weighted by molar-refractivity contribution is 0.301. The Hall–Kier alpha value is -1.42. The minimum absolute atomic E-state index is 0. The molecule has 0 radical (unpaired) electrons. The molecular formula is C17H26IN5OS. The first-order valence-electron chi connectivity index (χ1n) is 8.15. The van der Waals surface area contributed by atoms with Crippen LogP contribution in [0.5, 0.6) is 5.88 Å². The number of aryl methyl sites for hydroxylation is 1. The molecule has 0 aromatic carbocycles. The van der Waals surface area contributed by atoms with Crippen LogP contribution in [0.1, 0.15) is 28.8 Å². The van der Waals surface area contributed by atoms with Crippen LogP contribution in [0.2, 0.25) is 0 Å². The topological polar surface area (TPSA) is 71.4 Å². The first kappa shape index (κ1) is 21.6. The summed E-state index contributed by atoms with van der Waals surface area (Å²) in [5.41, 5.74) is 1.02. The number of ether oxygens (including phenoxy) is 1. The zero-order valence-electron chi connectivity index (χ0n) is 14.9. The van der Waals surface area contributed by atoms with Crippen molar-refractivity contribution >= 4 is 41.3 Å². The number of hydrogen-bond donors (Lipinski definition) is 2. The number of aromatic nitrogens is 2. The lowest BCUT2D eigenvalue weighted by atomic mass is 10.2. The predicted molar refractivity (Wildman–Crippen MR) is 114 cm³/mol. The highest BCUT2D eigenvalue weighted by Gasteiger charge is 2.06. The summed E-state index contributed by atoms with van der Waals surface area (Å²) in [6.07, 6.45) is 5.50. The van der Waals surface area contributed by atoms with E-state index in [-0.39, 0.29) is 24.0 Å². The summed E-state index contributed by atoms with van der Waals surface area (Å²) >= 11 is 1.73. The summed E-state index contributed by atoms with van der Waals surface area (Å²) in [7, 11) is 1.76. The third-order valence-corrected chi connectivity index (χ3v) is 4.24. The number of pyridine rings is 1. The molecule has 0 fully saturated rings. The fourth-order valence-electron chi connectivity index (χ4n) is 2.09. The maximum Gasteiger partial charge on any atom is 0.218 e. The normalized spacial score (nSPS) is 10.9. The highest BCUT2D eigenvalue weighted by Crippen LogP contribution is 2.14. The summed E-state index contributed by atoms with van der Waals surface area (Å²) in [5.74, 6) is 1.44. The van der Waals surface area contributed by atoms with Crippen LogP contribution < -0.4 is 15.4 Å². The Morgan fingerprint density at radius 2 is 2.16 bits per heavy atom. The molecule has 2 aromatic rings. The minimum Gasteiger partial charge on any atom is -0.477 e. The van der Waals surface area contributed by atoms with Crippen LogP contribution >= 0.6 is 35.3 Å². The van der Waals surface area contributed by atoms with Gasteiger partial charge in [0.25, 0.3) is 0 Å². The smallest absolute Gasteiger partial charge is 0.218 e. The summed E-state index contributed by atoms with van der Waals surface area (Å²) in [5, 5.41) is 7.74. The first-order chi connectivity index (χ1) is 11.7. The second-order valence-corrected chi connectivity index (χ2v) is 6.60. The van der Waals surface area contributed by atoms with Gasteiger partial charge in [-0.25, -0.2) is 9.97 Å². The number of guanidine groups is 1. The number of nitrogens with one attached hydrogen (secondary N) is 2. The van der Waals surface area contributed by atoms with Crippen molar-refractivity contribution in [2.75, 3.05) is 20.2 Å². The highest BCUT2D eigenvalue weighted by molar-refractivity contribution is 14.0. The molecule has 2 N–H and O–H groups in total. The first-order valence-corrected chi connectivity index (χ1v) is 8.97. The van der Waals surface area contributed by atoms with Gasteiger partial charge >= 0.3 is 0 Å². The van der Waals surface area contributed by atoms with Gasteiger partial charge in [0.15, 0.2) is 5.96 Å². The van der Waals surface area contributed by atoms with Crippen LogP contribution in [-0.2, 0) is 13.0 Å². The fraction of sp³-hybridized carbons (Fsp3) is 0.471. The minimum atomic E-state index is 0. The van der Waals surface area contributed by atoms with Gasteiger partial charge in [-0.2, -0.15) is 0 Å². The van der Waals surface area contributed by atoms with E-state index in [1.807, 2.05) is 18.3 Å². The Morgan fingerprint density at radius 1 is 1.32 bits per heavy atom. The monoisotopic (exact) mass is 475 g/mol. The number of nitrogens with zero attached hydrogens (tertiary/aromatic N) is 3. The van der Waals surface area contributed by atoms with Gasteiger partial charge < -0.3 is 15.4 Å². The lowest BCUT2D eigenvalue weighted by Crippen LogP contribution is -2.38. The van der Waals surface area contributed by atoms with Crippen molar-refractivity contribution in [1.29, 1.82) is 0 Å². The van der Waals surface area contributed by atoms with E-state index >= 15 is 0 Å². The van der Waals surface area contributed by atoms with Crippen LogP contribution in [0.4, 0.5) is 0 Å². The van der Waals surface area contributed by atoms with Gasteiger partial charge in [-0.3, -0.25) is 4.99 Å². The molecule has 0 aliphatic heterocycles. The van der Waals surface area contributed by atoms with E-state index < -0.39 is 0 Å². The van der Waals surface area contributed by atoms with Crippen molar-refractivity contribution in [3.63, 3.8) is 0 Å². The number of aliphatic imine (C=N–C) groups is 1. The highest BCUT2D eigenvalue weighted by atomic mass is 127. The third-order valence-electron chi connectivity index (χ3n) is 3.26. The number of rotatable bonds is 8. The second-order valence-electron chi connectivity index (χ2n) is 5.28. The SMILES string of the molecule is CCCOc1ncccc1CNC(=NC)NCCc1ncc(C)s1.I. The quantitative estimate of drug-likeness (QED) is 0.349. The molecule has 0 atom stereocenters. The Balaban J connectivity index is 0.00000312. The molecular weight excluding hydrogens is 449 g/mol. The van der Waals surface area contributed by atoms with Crippen LogP contribution in [0.25, 0.3) is 0 Å². The van der Waals surface area contributed by atoms with Crippen molar-refractivity contribution in [1.82, 2.24) is 20.6 Å². The molecule has 6 nitrogen and oxygen atoms in total. The van der Waals surface area contributed by atoms with Crippen LogP contribution in [0, 0.1) is 6.92 Å². The molecule has 0 aliphatic carbocycles. The van der Waals surface area contributed by atoms with Crippen molar-refractivity contribution in [3.8, 4) is 5.88 Å². The van der Waals surface area contributed by atoms with Gasteiger partial charge in [-0.1, -0.05) is 13.0 Å². The molecule has 0 aliphatic rings. The van der Waals surface area contributed by atoms with E-state index in [9.17, 15) is 0 Å². The lowest BCUT2D eigenvalue weighted by Gasteiger charge is -2.13. The average molecular weight is 475 g/mol. The third kappa shape index (κ3) is 7.55. The molecule has 0 saturated carbocycles. The van der Waals surface area contributed by atoms with Crippen molar-refractivity contribution in [2.24, 2.45) is 4.99 Å². The molecule has 2 aromatic heterocycles. The molecule has 0 spiro atoms. The Kier molecular flexibility index (Phi) is 10.4. The number of hydrogen-bond acceptors (Lipinski definition) is 5. The van der Waals surface area contributed by atoms with Crippen LogP contribution in [0.15, 0.2) is 29.5 Å². The number of thiazole rings is 1. The summed E-state index contributed by atoms with van der Waals surface area (Å²) < 4.78 is 5.68. The molecule has 0 amide bonds. The molecule has 0 saturated heterocycles. The fourth-order valence-corrected chi connectivity index (χ4v) is 2.88. The zero-order chi connectivity index (χ0) is 17.2. The van der Waals surface area contributed by atoms with E-state index in [0.29, 0.717) is 19.0 Å². The summed E-state index contributed by atoms with van der Waals surface area (Å²) in [6.45, 7) is 6.23. The maximum atomic E-state index is 5.68. The second kappa shape index (κ2) is 12.0. The summed E-state index contributed by atoms with van der Waals surface area (Å²) in [4.78, 5) is 14.1. The predicted octanol–water partition coefficient (Wildman–Crippen LogP) is 3.16. The van der Waals surface area contributed by atoms with E-state index in [1.54, 1.807) is 24.6 Å². The van der Waals surface area contributed by atoms with Crippen molar-refractivity contribution in [3.05, 3.63) is 40.0 Å². The number of halogens is 1. The van der Waals surface area contributed by atoms with Gasteiger partial charge in [-0.15, -0.1) is 35.3 Å². The molecule has 2 rings (SSSR count). The van der Waals surface area contributed by atoms with Crippen molar-refractivity contribution in [2.45, 2.75) is 33.2 Å². The van der Waals surface area contributed by atoms with Gasteiger partial charge in [0, 0.05) is 49.4 Å². The molecule has 8 heteroatoms. The van der Waals surface area contributed by atoms with Gasteiger partial charge in [0.1, 0.15) is 0 Å². The molecule has 138 valence electrons. The largest absolute Gasteiger partial charge is 0.477 e. The zero-order valence-corrected chi connectivity index (χ0v) is 18.1. The molecule has 2 heterocycles. The maximum absolute atomic E-state index is 5.68. The molecule has 25 heavy (non-hydrogen) atoms. The van der Waals surface area contributed by atoms with Gasteiger partial charge in [-0.05, 0) is 19.4 Å². The molecule has 0 unspecified atom stereocenters. The van der Waals surface area contributed by atoms with E-state index in [0.717, 1.165) is 35.9 Å². The van der Waals surface area contributed by atoms with Gasteiger partial charge in [0.05, 0.1) is 11.6 Å². The van der Waals surface area contributed by atoms with Crippen molar-refractivity contribution < 1.29 is 4.74 Å². The van der Waals surface area contributed by atoms with E-state index in [4.69, 9.17) is 4.74 Å². The van der Waals surface area contributed by atoms with Gasteiger partial charge in [0.2, 0.25) is 5.88 Å². The standard InChI is InChI=1S/C17H25N5OS.HI/c1-4-10-23-16-14(6-5-8-19-16)12-22-17(18-3)20-9-7-15-21-11-13(2)24-15;/h5-6,8,11H,4,7,9-10,12H2,1-3H3,(H2,18,20,22);1H. The molecule has 0 bridgehead atoms. The Morgan fingerprint density at radius 3 is 2.84 bits per heavy atom. The van der Waals surface area contributed by atoms with Crippen LogP contribution in [0.3, 0.4) is 0 Å².